The van der Waals surface area contributed by atoms with Crippen molar-refractivity contribution in [2.75, 3.05) is 18.1 Å². The molecule has 140 valence electrons. The van der Waals surface area contributed by atoms with Gasteiger partial charge in [-0.1, -0.05) is 18.2 Å². The zero-order valence-corrected chi connectivity index (χ0v) is 15.5. The summed E-state index contributed by atoms with van der Waals surface area (Å²) in [4.78, 5) is 26.4. The summed E-state index contributed by atoms with van der Waals surface area (Å²) in [6.07, 6.45) is -0.620. The Kier molecular flexibility index (Phi) is 5.04. The second kappa shape index (κ2) is 7.11. The summed E-state index contributed by atoms with van der Waals surface area (Å²) in [5.41, 5.74) is 0.560. The van der Waals surface area contributed by atoms with Crippen molar-refractivity contribution >= 4 is 32.7 Å². The number of fused-ring (bicyclic) bond motifs is 1. The summed E-state index contributed by atoms with van der Waals surface area (Å²) >= 11 is 0. The lowest BCUT2D eigenvalue weighted by atomic mass is 10.2. The number of esters is 1. The Balaban J connectivity index is 1.68. The Hall–Kier alpha value is -2.35. The first-order chi connectivity index (χ1) is 12.3. The van der Waals surface area contributed by atoms with Gasteiger partial charge in [0.05, 0.1) is 11.5 Å². The molecule has 8 heteroatoms. The molecule has 1 fully saturated rings. The molecular formula is C18H21NO6S. The Bertz CT molecular complexity index is 899. The summed E-state index contributed by atoms with van der Waals surface area (Å²) in [5.74, 6) is -1.07. The zero-order valence-electron chi connectivity index (χ0n) is 14.7. The number of hydrogen-bond donors (Lipinski definition) is 0. The number of amides is 1. The fourth-order valence-corrected chi connectivity index (χ4v) is 4.93. The second-order valence-electron chi connectivity index (χ2n) is 6.38. The molecule has 1 aliphatic rings. The summed E-state index contributed by atoms with van der Waals surface area (Å²) in [6, 6.07) is 8.36. The third kappa shape index (κ3) is 3.75. The van der Waals surface area contributed by atoms with E-state index in [0.29, 0.717) is 18.5 Å². The lowest BCUT2D eigenvalue weighted by Crippen LogP contribution is -2.46. The number of likely N-dealkylation sites (N-methyl/N-ethyl adjacent to an activating group) is 1. The van der Waals surface area contributed by atoms with Crippen molar-refractivity contribution in [3.63, 3.8) is 0 Å². The first-order valence-corrected chi connectivity index (χ1v) is 10.3. The standard InChI is InChI=1S/C18H21NO6S/c1-3-19(14-8-9-26(22,23)11-14)17(20)12(2)24-18(21)16-10-13-6-4-5-7-15(13)25-16/h4-7,10,12,14H,3,8-9,11H2,1-2H3. The van der Waals surface area contributed by atoms with Crippen molar-refractivity contribution in [1.29, 1.82) is 0 Å². The van der Waals surface area contributed by atoms with E-state index in [4.69, 9.17) is 9.15 Å². The van der Waals surface area contributed by atoms with Gasteiger partial charge in [-0.05, 0) is 32.4 Å². The Morgan fingerprint density at radius 3 is 2.69 bits per heavy atom. The van der Waals surface area contributed by atoms with E-state index < -0.39 is 27.8 Å². The Morgan fingerprint density at radius 1 is 1.35 bits per heavy atom. The molecule has 2 aromatic rings. The van der Waals surface area contributed by atoms with Gasteiger partial charge >= 0.3 is 5.97 Å². The molecule has 1 aliphatic heterocycles. The molecule has 1 saturated heterocycles. The molecule has 1 amide bonds. The molecule has 26 heavy (non-hydrogen) atoms. The van der Waals surface area contributed by atoms with Gasteiger partial charge in [0.2, 0.25) is 5.76 Å². The quantitative estimate of drug-likeness (QED) is 0.738. The molecule has 0 N–H and O–H groups in total. The maximum Gasteiger partial charge on any atom is 0.375 e. The van der Waals surface area contributed by atoms with E-state index in [2.05, 4.69) is 0 Å². The van der Waals surface area contributed by atoms with Crippen LogP contribution < -0.4 is 0 Å². The van der Waals surface area contributed by atoms with Crippen LogP contribution in [0, 0.1) is 0 Å². The summed E-state index contributed by atoms with van der Waals surface area (Å²) in [6.45, 7) is 3.61. The Morgan fingerprint density at radius 2 is 2.08 bits per heavy atom. The number of carbonyl (C=O) groups is 2. The van der Waals surface area contributed by atoms with Crippen LogP contribution in [-0.2, 0) is 19.4 Å². The fraction of sp³-hybridized carbons (Fsp3) is 0.444. The van der Waals surface area contributed by atoms with Crippen LogP contribution >= 0.6 is 0 Å². The summed E-state index contributed by atoms with van der Waals surface area (Å²) in [7, 11) is -3.11. The van der Waals surface area contributed by atoms with Crippen LogP contribution in [0.4, 0.5) is 0 Å². The average Bonchev–Trinajstić information content (AvgIpc) is 3.18. The first kappa shape index (κ1) is 18.4. The van der Waals surface area contributed by atoms with Gasteiger partial charge < -0.3 is 14.1 Å². The minimum atomic E-state index is -3.11. The largest absolute Gasteiger partial charge is 0.449 e. The molecular weight excluding hydrogens is 358 g/mol. The van der Waals surface area contributed by atoms with Crippen LogP contribution in [0.25, 0.3) is 11.0 Å². The van der Waals surface area contributed by atoms with Gasteiger partial charge in [0, 0.05) is 18.0 Å². The molecule has 7 nitrogen and oxygen atoms in total. The average molecular weight is 379 g/mol. The third-order valence-electron chi connectivity index (χ3n) is 4.53. The number of carbonyl (C=O) groups excluding carboxylic acids is 2. The van der Waals surface area contributed by atoms with Crippen LogP contribution in [0.5, 0.6) is 0 Å². The molecule has 1 aromatic heterocycles. The lowest BCUT2D eigenvalue weighted by molar-refractivity contribution is -0.141. The molecule has 2 atom stereocenters. The van der Waals surface area contributed by atoms with Gasteiger partial charge in [0.1, 0.15) is 5.58 Å². The molecule has 0 saturated carbocycles. The first-order valence-electron chi connectivity index (χ1n) is 8.51. The molecule has 0 aliphatic carbocycles. The number of rotatable bonds is 5. The lowest BCUT2D eigenvalue weighted by Gasteiger charge is -2.29. The third-order valence-corrected chi connectivity index (χ3v) is 6.28. The van der Waals surface area contributed by atoms with Gasteiger partial charge in [0.15, 0.2) is 15.9 Å². The highest BCUT2D eigenvalue weighted by molar-refractivity contribution is 7.91. The number of furan rings is 1. The minimum Gasteiger partial charge on any atom is -0.449 e. The fourth-order valence-electron chi connectivity index (χ4n) is 3.20. The SMILES string of the molecule is CCN(C(=O)C(C)OC(=O)c1cc2ccccc2o1)C1CCS(=O)(=O)C1. The monoisotopic (exact) mass is 379 g/mol. The van der Waals surface area contributed by atoms with Gasteiger partial charge in [-0.15, -0.1) is 0 Å². The molecule has 2 unspecified atom stereocenters. The van der Waals surface area contributed by atoms with Crippen molar-refractivity contribution in [2.24, 2.45) is 0 Å². The number of benzene rings is 1. The number of nitrogens with zero attached hydrogens (tertiary/aromatic N) is 1. The van der Waals surface area contributed by atoms with E-state index in [9.17, 15) is 18.0 Å². The van der Waals surface area contributed by atoms with Crippen molar-refractivity contribution < 1.29 is 27.2 Å². The number of ether oxygens (including phenoxy) is 1. The van der Waals surface area contributed by atoms with Crippen LogP contribution in [-0.4, -0.2) is 55.4 Å². The normalized spacial score (nSPS) is 20.0. The highest BCUT2D eigenvalue weighted by Gasteiger charge is 2.36. The predicted molar refractivity (Wildman–Crippen MR) is 95.5 cm³/mol. The zero-order chi connectivity index (χ0) is 18.9. The minimum absolute atomic E-state index is 0.0253. The van der Waals surface area contributed by atoms with Crippen LogP contribution in [0.15, 0.2) is 34.7 Å². The Labute approximate surface area is 151 Å². The summed E-state index contributed by atoms with van der Waals surface area (Å²) < 4.78 is 34.0. The van der Waals surface area contributed by atoms with E-state index in [-0.39, 0.29) is 23.3 Å². The molecule has 1 aromatic carbocycles. The number of sulfone groups is 1. The van der Waals surface area contributed by atoms with Crippen LogP contribution in [0.3, 0.4) is 0 Å². The maximum absolute atomic E-state index is 12.6. The summed E-state index contributed by atoms with van der Waals surface area (Å²) in [5, 5.41) is 0.768. The topological polar surface area (TPSA) is 93.9 Å². The van der Waals surface area contributed by atoms with E-state index in [0.717, 1.165) is 5.39 Å². The predicted octanol–water partition coefficient (Wildman–Crippen LogP) is 2.01. The molecule has 3 rings (SSSR count). The smallest absolute Gasteiger partial charge is 0.375 e. The molecule has 0 radical (unpaired) electrons. The number of hydrogen-bond acceptors (Lipinski definition) is 6. The maximum atomic E-state index is 12.6. The van der Waals surface area contributed by atoms with Gasteiger partial charge in [-0.25, -0.2) is 13.2 Å². The highest BCUT2D eigenvalue weighted by Crippen LogP contribution is 2.21. The highest BCUT2D eigenvalue weighted by atomic mass is 32.2. The van der Waals surface area contributed by atoms with Gasteiger partial charge in [0.25, 0.3) is 5.91 Å². The van der Waals surface area contributed by atoms with E-state index in [1.807, 2.05) is 12.1 Å². The van der Waals surface area contributed by atoms with Crippen molar-refractivity contribution in [3.8, 4) is 0 Å². The van der Waals surface area contributed by atoms with Crippen molar-refractivity contribution in [2.45, 2.75) is 32.4 Å². The number of para-hydroxylation sites is 1. The van der Waals surface area contributed by atoms with Crippen LogP contribution in [0.2, 0.25) is 0 Å². The second-order valence-corrected chi connectivity index (χ2v) is 8.61. The van der Waals surface area contributed by atoms with Crippen molar-refractivity contribution in [1.82, 2.24) is 4.90 Å². The molecule has 0 spiro atoms. The van der Waals surface area contributed by atoms with Crippen LogP contribution in [0.1, 0.15) is 30.8 Å². The van der Waals surface area contributed by atoms with E-state index in [1.165, 1.54) is 11.8 Å². The van der Waals surface area contributed by atoms with Crippen molar-refractivity contribution in [3.05, 3.63) is 36.1 Å². The molecule has 0 bridgehead atoms. The van der Waals surface area contributed by atoms with E-state index >= 15 is 0 Å². The van der Waals surface area contributed by atoms with E-state index in [1.54, 1.807) is 25.1 Å². The van der Waals surface area contributed by atoms with Gasteiger partial charge in [-0.2, -0.15) is 0 Å². The molecule has 2 heterocycles. The van der Waals surface area contributed by atoms with Gasteiger partial charge in [-0.3, -0.25) is 4.79 Å².